The molecular formula is C17H19N3O3. The molecule has 1 heterocycles. The first-order valence-electron chi connectivity index (χ1n) is 7.22. The van der Waals surface area contributed by atoms with Crippen molar-refractivity contribution in [1.82, 2.24) is 15.6 Å². The molecule has 1 aromatic carbocycles. The van der Waals surface area contributed by atoms with Crippen LogP contribution in [-0.2, 0) is 11.3 Å². The highest BCUT2D eigenvalue weighted by atomic mass is 16.5. The number of amides is 2. The molecule has 0 saturated carbocycles. The number of benzene rings is 1. The fraction of sp³-hybridized carbons (Fsp3) is 0.235. The van der Waals surface area contributed by atoms with Crippen molar-refractivity contribution in [3.63, 3.8) is 0 Å². The van der Waals surface area contributed by atoms with Crippen molar-refractivity contribution in [3.05, 3.63) is 59.8 Å². The molecule has 0 radical (unpaired) electrons. The van der Waals surface area contributed by atoms with Gasteiger partial charge >= 0.3 is 0 Å². The minimum atomic E-state index is -0.633. The molecular weight excluding hydrogens is 294 g/mol. The van der Waals surface area contributed by atoms with Crippen molar-refractivity contribution in [1.29, 1.82) is 0 Å². The predicted octanol–water partition coefficient (Wildman–Crippen LogP) is 1.52. The summed E-state index contributed by atoms with van der Waals surface area (Å²) in [5, 5.41) is 5.44. The zero-order chi connectivity index (χ0) is 16.7. The molecule has 0 saturated heterocycles. The molecule has 1 atom stereocenters. The number of ether oxygens (including phenoxy) is 1. The number of hydrogen-bond acceptors (Lipinski definition) is 4. The Morgan fingerprint density at radius 3 is 2.65 bits per heavy atom. The van der Waals surface area contributed by atoms with E-state index in [0.29, 0.717) is 18.0 Å². The van der Waals surface area contributed by atoms with Crippen LogP contribution >= 0.6 is 0 Å². The van der Waals surface area contributed by atoms with Gasteiger partial charge in [-0.2, -0.15) is 0 Å². The normalized spacial score (nSPS) is 11.4. The third-order valence-electron chi connectivity index (χ3n) is 3.25. The monoisotopic (exact) mass is 313 g/mol. The van der Waals surface area contributed by atoms with E-state index in [9.17, 15) is 9.59 Å². The number of methoxy groups -OCH3 is 1. The number of aromatic nitrogens is 1. The molecule has 0 bridgehead atoms. The van der Waals surface area contributed by atoms with E-state index in [1.54, 1.807) is 49.5 Å². The van der Waals surface area contributed by atoms with Gasteiger partial charge in [-0.15, -0.1) is 0 Å². The minimum absolute atomic E-state index is 0.259. The van der Waals surface area contributed by atoms with E-state index in [2.05, 4.69) is 15.6 Å². The average molecular weight is 313 g/mol. The molecule has 0 spiro atoms. The van der Waals surface area contributed by atoms with E-state index >= 15 is 0 Å². The molecule has 2 aromatic rings. The van der Waals surface area contributed by atoms with E-state index in [1.165, 1.54) is 7.11 Å². The van der Waals surface area contributed by atoms with Crippen molar-refractivity contribution >= 4 is 11.8 Å². The second-order valence-electron chi connectivity index (χ2n) is 4.99. The summed E-state index contributed by atoms with van der Waals surface area (Å²) in [6.45, 7) is 1.98. The minimum Gasteiger partial charge on any atom is -0.481 e. The average Bonchev–Trinajstić information content (AvgIpc) is 2.60. The molecule has 0 aliphatic heterocycles. The van der Waals surface area contributed by atoms with Crippen LogP contribution < -0.4 is 15.4 Å². The first kappa shape index (κ1) is 16.5. The van der Waals surface area contributed by atoms with E-state index < -0.39 is 6.04 Å². The van der Waals surface area contributed by atoms with E-state index in [4.69, 9.17) is 4.74 Å². The van der Waals surface area contributed by atoms with Crippen LogP contribution in [0.3, 0.4) is 0 Å². The van der Waals surface area contributed by atoms with Crippen LogP contribution in [0.25, 0.3) is 0 Å². The van der Waals surface area contributed by atoms with Gasteiger partial charge in [0.25, 0.3) is 5.91 Å². The number of nitrogens with zero attached hydrogens (tertiary/aromatic N) is 1. The summed E-state index contributed by atoms with van der Waals surface area (Å²) >= 11 is 0. The highest BCUT2D eigenvalue weighted by Crippen LogP contribution is 2.08. The van der Waals surface area contributed by atoms with Gasteiger partial charge in [-0.25, -0.2) is 4.98 Å². The van der Waals surface area contributed by atoms with Gasteiger partial charge in [0.15, 0.2) is 0 Å². The lowest BCUT2D eigenvalue weighted by Crippen LogP contribution is -2.44. The highest BCUT2D eigenvalue weighted by molar-refractivity contribution is 5.97. The summed E-state index contributed by atoms with van der Waals surface area (Å²) in [6.07, 6.45) is 1.61. The van der Waals surface area contributed by atoms with Gasteiger partial charge in [0.05, 0.1) is 7.11 Å². The molecule has 2 N–H and O–H groups in total. The number of hydrogen-bond donors (Lipinski definition) is 2. The van der Waals surface area contributed by atoms with E-state index in [0.717, 1.165) is 5.56 Å². The third kappa shape index (κ3) is 4.81. The second-order valence-corrected chi connectivity index (χ2v) is 4.99. The largest absolute Gasteiger partial charge is 0.481 e. The van der Waals surface area contributed by atoms with E-state index in [-0.39, 0.29) is 11.8 Å². The Morgan fingerprint density at radius 2 is 1.96 bits per heavy atom. The summed E-state index contributed by atoms with van der Waals surface area (Å²) in [4.78, 5) is 28.1. The Bertz CT molecular complexity index is 674. The molecule has 2 amide bonds. The summed E-state index contributed by atoms with van der Waals surface area (Å²) in [5.74, 6) is -0.0499. The van der Waals surface area contributed by atoms with Crippen molar-refractivity contribution in [2.75, 3.05) is 7.11 Å². The zero-order valence-corrected chi connectivity index (χ0v) is 13.1. The van der Waals surface area contributed by atoms with Gasteiger partial charge in [-0.05, 0) is 30.7 Å². The van der Waals surface area contributed by atoms with Crippen molar-refractivity contribution in [2.24, 2.45) is 0 Å². The van der Waals surface area contributed by atoms with Gasteiger partial charge in [-0.1, -0.05) is 18.2 Å². The Kier molecular flexibility index (Phi) is 5.68. The number of rotatable bonds is 6. The third-order valence-corrected chi connectivity index (χ3v) is 3.25. The Morgan fingerprint density at radius 1 is 1.22 bits per heavy atom. The molecule has 0 aliphatic carbocycles. The summed E-state index contributed by atoms with van der Waals surface area (Å²) in [7, 11) is 1.53. The summed E-state index contributed by atoms with van der Waals surface area (Å²) in [6, 6.07) is 11.7. The molecule has 0 fully saturated rings. The van der Waals surface area contributed by atoms with Gasteiger partial charge in [0.2, 0.25) is 11.8 Å². The van der Waals surface area contributed by atoms with Crippen LogP contribution in [0.4, 0.5) is 0 Å². The maximum atomic E-state index is 12.1. The topological polar surface area (TPSA) is 80.3 Å². The van der Waals surface area contributed by atoms with Gasteiger partial charge in [0, 0.05) is 24.4 Å². The second kappa shape index (κ2) is 7.93. The molecule has 120 valence electrons. The Labute approximate surface area is 134 Å². The van der Waals surface area contributed by atoms with Gasteiger partial charge in [-0.3, -0.25) is 9.59 Å². The number of carbonyl (C=O) groups excluding carboxylic acids is 2. The summed E-state index contributed by atoms with van der Waals surface area (Å²) < 4.78 is 5.03. The molecule has 23 heavy (non-hydrogen) atoms. The maximum absolute atomic E-state index is 12.1. The van der Waals surface area contributed by atoms with Gasteiger partial charge in [0.1, 0.15) is 6.04 Å². The zero-order valence-electron chi connectivity index (χ0n) is 13.1. The van der Waals surface area contributed by atoms with Crippen LogP contribution in [0.1, 0.15) is 22.8 Å². The Hall–Kier alpha value is -2.89. The van der Waals surface area contributed by atoms with Crippen LogP contribution in [0.2, 0.25) is 0 Å². The first-order chi connectivity index (χ1) is 11.1. The van der Waals surface area contributed by atoms with Crippen LogP contribution in [-0.4, -0.2) is 29.9 Å². The highest BCUT2D eigenvalue weighted by Gasteiger charge is 2.16. The SMILES string of the molecule is COc1cc(CNC(=O)C(C)NC(=O)c2ccccc2)ccn1. The number of pyridine rings is 1. The van der Waals surface area contributed by atoms with Crippen molar-refractivity contribution in [2.45, 2.75) is 19.5 Å². The first-order valence-corrected chi connectivity index (χ1v) is 7.22. The van der Waals surface area contributed by atoms with Crippen molar-refractivity contribution < 1.29 is 14.3 Å². The van der Waals surface area contributed by atoms with Crippen molar-refractivity contribution in [3.8, 4) is 5.88 Å². The number of nitrogens with one attached hydrogen (secondary N) is 2. The standard InChI is InChI=1S/C17H19N3O3/c1-12(20-17(22)14-6-4-3-5-7-14)16(21)19-11-13-8-9-18-15(10-13)23-2/h3-10,12H,11H2,1-2H3,(H,19,21)(H,20,22). The molecule has 1 aromatic heterocycles. The predicted molar refractivity (Wildman–Crippen MR) is 86.0 cm³/mol. The fourth-order valence-corrected chi connectivity index (χ4v) is 1.95. The lowest BCUT2D eigenvalue weighted by Gasteiger charge is -2.14. The molecule has 2 rings (SSSR count). The number of carbonyl (C=O) groups is 2. The lowest BCUT2D eigenvalue weighted by atomic mass is 10.2. The molecule has 0 aliphatic rings. The fourth-order valence-electron chi connectivity index (χ4n) is 1.95. The summed E-state index contributed by atoms with van der Waals surface area (Å²) in [5.41, 5.74) is 1.39. The molecule has 6 nitrogen and oxygen atoms in total. The Balaban J connectivity index is 1.86. The van der Waals surface area contributed by atoms with Crippen LogP contribution in [0.5, 0.6) is 5.88 Å². The quantitative estimate of drug-likeness (QED) is 0.847. The van der Waals surface area contributed by atoms with Crippen LogP contribution in [0.15, 0.2) is 48.7 Å². The smallest absolute Gasteiger partial charge is 0.251 e. The van der Waals surface area contributed by atoms with E-state index in [1.807, 2.05) is 6.07 Å². The maximum Gasteiger partial charge on any atom is 0.251 e. The molecule has 1 unspecified atom stereocenters. The molecule has 6 heteroatoms. The lowest BCUT2D eigenvalue weighted by molar-refractivity contribution is -0.122. The van der Waals surface area contributed by atoms with Crippen LogP contribution in [0, 0.1) is 0 Å². The van der Waals surface area contributed by atoms with Gasteiger partial charge < -0.3 is 15.4 Å².